The van der Waals surface area contributed by atoms with Crippen LogP contribution in [0.25, 0.3) is 19.8 Å². The number of hydrogen-bond acceptors (Lipinski definition) is 10. The quantitative estimate of drug-likeness (QED) is 0.256. The molecule has 0 bridgehead atoms. The van der Waals surface area contributed by atoms with Crippen molar-refractivity contribution in [1.82, 2.24) is 9.97 Å². The van der Waals surface area contributed by atoms with E-state index in [4.69, 9.17) is 9.47 Å². The van der Waals surface area contributed by atoms with E-state index in [9.17, 15) is 9.59 Å². The average molecular weight is 463 g/mol. The summed E-state index contributed by atoms with van der Waals surface area (Å²) in [6.07, 6.45) is 0.404. The van der Waals surface area contributed by atoms with E-state index in [0.29, 0.717) is 17.8 Å². The molecule has 148 valence electrons. The van der Waals surface area contributed by atoms with Crippen molar-refractivity contribution in [2.24, 2.45) is 0 Å². The second-order valence-electron chi connectivity index (χ2n) is 5.66. The molecule has 6 nitrogen and oxygen atoms in total. The SMILES string of the molecule is O=C(OCCCOC(=O)c1csc(-c2cccs2)n1)c1csc(-c2cccs2)n1. The monoisotopic (exact) mass is 462 g/mol. The van der Waals surface area contributed by atoms with Gasteiger partial charge in [0.2, 0.25) is 0 Å². The zero-order chi connectivity index (χ0) is 20.1. The Bertz CT molecular complexity index is 997. The highest BCUT2D eigenvalue weighted by Crippen LogP contribution is 2.29. The van der Waals surface area contributed by atoms with Gasteiger partial charge in [0.05, 0.1) is 23.0 Å². The molecule has 0 N–H and O–H groups in total. The number of hydrogen-bond donors (Lipinski definition) is 0. The molecule has 0 fully saturated rings. The molecule has 4 rings (SSSR count). The summed E-state index contributed by atoms with van der Waals surface area (Å²) in [4.78, 5) is 34.8. The molecule has 0 radical (unpaired) electrons. The lowest BCUT2D eigenvalue weighted by Gasteiger charge is -2.04. The van der Waals surface area contributed by atoms with E-state index in [1.54, 1.807) is 33.4 Å². The van der Waals surface area contributed by atoms with Crippen molar-refractivity contribution >= 4 is 57.3 Å². The summed E-state index contributed by atoms with van der Waals surface area (Å²) >= 11 is 5.95. The maximum absolute atomic E-state index is 12.1. The lowest BCUT2D eigenvalue weighted by atomic mass is 10.4. The van der Waals surface area contributed by atoms with E-state index in [0.717, 1.165) is 19.8 Å². The van der Waals surface area contributed by atoms with Crippen LogP contribution in [-0.2, 0) is 9.47 Å². The first-order valence-corrected chi connectivity index (χ1v) is 12.1. The van der Waals surface area contributed by atoms with Gasteiger partial charge in [-0.25, -0.2) is 19.6 Å². The average Bonchev–Trinajstić information content (AvgIpc) is 3.52. The van der Waals surface area contributed by atoms with Crippen molar-refractivity contribution in [2.45, 2.75) is 6.42 Å². The van der Waals surface area contributed by atoms with Crippen molar-refractivity contribution in [2.75, 3.05) is 13.2 Å². The first-order valence-electron chi connectivity index (χ1n) is 8.54. The number of rotatable bonds is 8. The molecule has 0 spiro atoms. The van der Waals surface area contributed by atoms with Crippen molar-refractivity contribution in [3.63, 3.8) is 0 Å². The number of thiophene rings is 2. The molecule has 10 heteroatoms. The molecule has 4 aromatic rings. The highest BCUT2D eigenvalue weighted by Gasteiger charge is 2.15. The van der Waals surface area contributed by atoms with Gasteiger partial charge in [-0.15, -0.1) is 45.3 Å². The van der Waals surface area contributed by atoms with Gasteiger partial charge in [-0.2, -0.15) is 0 Å². The molecular weight excluding hydrogens is 448 g/mol. The molecule has 0 atom stereocenters. The number of carbonyl (C=O) groups is 2. The molecular formula is C19H14N2O4S4. The second kappa shape index (κ2) is 9.40. The molecule has 4 aromatic heterocycles. The van der Waals surface area contributed by atoms with E-state index >= 15 is 0 Å². The van der Waals surface area contributed by atoms with Crippen molar-refractivity contribution in [1.29, 1.82) is 0 Å². The fraction of sp³-hybridized carbons (Fsp3) is 0.158. The fourth-order valence-electron chi connectivity index (χ4n) is 2.30. The molecule has 0 saturated carbocycles. The molecule has 29 heavy (non-hydrogen) atoms. The van der Waals surface area contributed by atoms with E-state index in [1.807, 2.05) is 35.0 Å². The summed E-state index contributed by atoms with van der Waals surface area (Å²) in [7, 11) is 0. The first-order chi connectivity index (χ1) is 14.2. The predicted molar refractivity (Wildman–Crippen MR) is 116 cm³/mol. The van der Waals surface area contributed by atoms with Crippen LogP contribution in [0.15, 0.2) is 45.8 Å². The number of carbonyl (C=O) groups excluding carboxylic acids is 2. The number of aromatic nitrogens is 2. The number of thiazole rings is 2. The minimum Gasteiger partial charge on any atom is -0.461 e. The van der Waals surface area contributed by atoms with Crippen LogP contribution in [-0.4, -0.2) is 35.1 Å². The topological polar surface area (TPSA) is 78.4 Å². The third kappa shape index (κ3) is 4.96. The Kier molecular flexibility index (Phi) is 6.45. The zero-order valence-corrected chi connectivity index (χ0v) is 18.2. The first kappa shape index (κ1) is 19.9. The lowest BCUT2D eigenvalue weighted by Crippen LogP contribution is -2.11. The van der Waals surface area contributed by atoms with Crippen molar-refractivity contribution in [3.8, 4) is 19.8 Å². The molecule has 0 aliphatic rings. The second-order valence-corrected chi connectivity index (χ2v) is 9.27. The smallest absolute Gasteiger partial charge is 0.357 e. The van der Waals surface area contributed by atoms with Crippen LogP contribution >= 0.6 is 45.3 Å². The standard InChI is InChI=1S/C19H14N2O4S4/c22-18(12-10-28-16(20-12)14-4-1-8-26-14)24-6-3-7-25-19(23)13-11-29-17(21-13)15-5-2-9-27-15/h1-2,4-5,8-11H,3,6-7H2. The number of ether oxygens (including phenoxy) is 2. The van der Waals surface area contributed by atoms with Crippen LogP contribution in [0.1, 0.15) is 27.4 Å². The van der Waals surface area contributed by atoms with Crippen LogP contribution < -0.4 is 0 Å². The largest absolute Gasteiger partial charge is 0.461 e. The highest BCUT2D eigenvalue weighted by atomic mass is 32.1. The minimum atomic E-state index is -0.476. The summed E-state index contributed by atoms with van der Waals surface area (Å²) in [5.74, 6) is -0.953. The molecule has 0 aromatic carbocycles. The van der Waals surface area contributed by atoms with Crippen LogP contribution in [0.5, 0.6) is 0 Å². The van der Waals surface area contributed by atoms with Gasteiger partial charge in [0, 0.05) is 17.2 Å². The van der Waals surface area contributed by atoms with Gasteiger partial charge in [0.1, 0.15) is 10.0 Å². The molecule has 0 amide bonds. The minimum absolute atomic E-state index is 0.148. The summed E-state index contributed by atoms with van der Waals surface area (Å²) in [5, 5.41) is 8.89. The number of nitrogens with zero attached hydrogens (tertiary/aromatic N) is 2. The van der Waals surface area contributed by atoms with Crippen molar-refractivity contribution in [3.05, 3.63) is 57.2 Å². The van der Waals surface area contributed by atoms with Crippen LogP contribution in [0.2, 0.25) is 0 Å². The molecule has 0 aliphatic heterocycles. The normalized spacial score (nSPS) is 10.8. The predicted octanol–water partition coefficient (Wildman–Crippen LogP) is 5.46. The van der Waals surface area contributed by atoms with E-state index in [2.05, 4.69) is 9.97 Å². The van der Waals surface area contributed by atoms with E-state index in [1.165, 1.54) is 22.7 Å². The van der Waals surface area contributed by atoms with Gasteiger partial charge >= 0.3 is 11.9 Å². The van der Waals surface area contributed by atoms with Crippen LogP contribution in [0.3, 0.4) is 0 Å². The Labute approximate surface area is 182 Å². The Morgan fingerprint density at radius 2 is 1.24 bits per heavy atom. The summed E-state index contributed by atoms with van der Waals surface area (Å²) < 4.78 is 10.4. The van der Waals surface area contributed by atoms with Crippen molar-refractivity contribution < 1.29 is 19.1 Å². The Hall–Kier alpha value is -2.40. The Morgan fingerprint density at radius 1 is 0.759 bits per heavy atom. The Morgan fingerprint density at radius 3 is 1.66 bits per heavy atom. The maximum Gasteiger partial charge on any atom is 0.357 e. The van der Waals surface area contributed by atoms with Crippen LogP contribution in [0.4, 0.5) is 0 Å². The fourth-order valence-corrected chi connectivity index (χ4v) is 5.51. The summed E-state index contributed by atoms with van der Waals surface area (Å²) in [6, 6.07) is 7.79. The van der Waals surface area contributed by atoms with Crippen LogP contribution in [0, 0.1) is 0 Å². The van der Waals surface area contributed by atoms with Gasteiger partial charge in [-0.1, -0.05) is 12.1 Å². The van der Waals surface area contributed by atoms with E-state index < -0.39 is 11.9 Å². The molecule has 0 aliphatic carbocycles. The van der Waals surface area contributed by atoms with Gasteiger partial charge in [-0.3, -0.25) is 0 Å². The van der Waals surface area contributed by atoms with E-state index in [-0.39, 0.29) is 13.2 Å². The number of esters is 2. The highest BCUT2D eigenvalue weighted by molar-refractivity contribution is 7.20. The van der Waals surface area contributed by atoms with Gasteiger partial charge in [-0.05, 0) is 22.9 Å². The van der Waals surface area contributed by atoms with Gasteiger partial charge in [0.25, 0.3) is 0 Å². The Balaban J connectivity index is 1.19. The maximum atomic E-state index is 12.1. The zero-order valence-electron chi connectivity index (χ0n) is 14.9. The van der Waals surface area contributed by atoms with Gasteiger partial charge in [0.15, 0.2) is 11.4 Å². The van der Waals surface area contributed by atoms with Gasteiger partial charge < -0.3 is 9.47 Å². The molecule has 0 saturated heterocycles. The third-order valence-electron chi connectivity index (χ3n) is 3.65. The third-order valence-corrected chi connectivity index (χ3v) is 7.41. The molecule has 4 heterocycles. The lowest BCUT2D eigenvalue weighted by molar-refractivity contribution is 0.0390. The summed E-state index contributed by atoms with van der Waals surface area (Å²) in [6.45, 7) is 0.297. The molecule has 0 unspecified atom stereocenters. The summed E-state index contributed by atoms with van der Waals surface area (Å²) in [5.41, 5.74) is 0.581.